The van der Waals surface area contributed by atoms with Crippen LogP contribution >= 0.6 is 0 Å². The maximum atomic E-state index is 14.7. The Morgan fingerprint density at radius 2 is 0.500 bits per heavy atom. The molecule has 4 amide bonds. The van der Waals surface area contributed by atoms with Gasteiger partial charge in [-0.05, 0) is 121 Å². The Hall–Kier alpha value is -14.9. The molecule has 0 aliphatic carbocycles. The van der Waals surface area contributed by atoms with Gasteiger partial charge in [0.15, 0.2) is 23.0 Å². The molecule has 2 aliphatic heterocycles. The average Bonchev–Trinajstić information content (AvgIpc) is 1.65. The lowest BCUT2D eigenvalue weighted by molar-refractivity contribution is 0.101. The van der Waals surface area contributed by atoms with Gasteiger partial charge >= 0.3 is 0 Å². The summed E-state index contributed by atoms with van der Waals surface area (Å²) in [5.74, 6) is -3.65. The molecule has 20 heteroatoms. The second-order valence-electron chi connectivity index (χ2n) is 24.6. The van der Waals surface area contributed by atoms with Gasteiger partial charge in [-0.1, -0.05) is 121 Å². The van der Waals surface area contributed by atoms with Gasteiger partial charge < -0.3 is 51.7 Å². The summed E-state index contributed by atoms with van der Waals surface area (Å²) in [4.78, 5) is 94.8. The van der Waals surface area contributed by atoms with Crippen molar-refractivity contribution in [3.63, 3.8) is 0 Å². The molecule has 498 valence electrons. The van der Waals surface area contributed by atoms with Crippen LogP contribution in [0, 0.1) is 0 Å². The third-order valence-electron chi connectivity index (χ3n) is 18.5. The number of hydrogen-bond donors (Lipinski definition) is 10. The van der Waals surface area contributed by atoms with E-state index in [9.17, 15) is 39.6 Å². The lowest BCUT2D eigenvalue weighted by Crippen LogP contribution is -2.13. The molecule has 9 heterocycles. The number of fused-ring (bicyclic) bond motifs is 12. The fourth-order valence-corrected chi connectivity index (χ4v) is 13.6. The predicted octanol–water partition coefficient (Wildman–Crippen LogP) is 17.3. The van der Waals surface area contributed by atoms with Gasteiger partial charge in [-0.2, -0.15) is 0 Å². The van der Waals surface area contributed by atoms with Crippen LogP contribution in [-0.2, 0) is 0 Å². The number of anilines is 4. The van der Waals surface area contributed by atoms with Gasteiger partial charge in [-0.25, -0.2) is 9.97 Å². The molecule has 0 saturated heterocycles. The van der Waals surface area contributed by atoms with Crippen LogP contribution in [-0.4, -0.2) is 83.9 Å². The van der Waals surface area contributed by atoms with Crippen LogP contribution < -0.4 is 21.3 Å². The van der Waals surface area contributed by atoms with E-state index in [2.05, 4.69) is 51.2 Å². The molecular formula is C84H54N12O8. The van der Waals surface area contributed by atoms with E-state index in [1.165, 1.54) is 0 Å². The lowest BCUT2D eigenvalue weighted by Gasteiger charge is -2.15. The van der Waals surface area contributed by atoms with E-state index < -0.39 is 23.6 Å². The maximum absolute atomic E-state index is 14.7. The third-order valence-corrected chi connectivity index (χ3v) is 18.5. The standard InChI is InChI=1S/C84H54N12O8/c97-77-53(29-25-45-13-9-41-85-73(45)77)81(101)93-57-21-5-1-17-49(57)69-61-33-35-63(89-61)70(50-18-2-6-22-58(50)94-82(102)54-30-26-46-14-10-42-86-74(46)78(54)98)65-37-39-67(91-65)72(52-20-4-8-24-60(52)96-84(104)56-32-28-48-16-12-44-88-76(48)80(56)100)68-40-38-66(92-68)71(64-36-34-62(69)90-64)51-19-3-7-23-59(51)95-83(103)55-31-27-47-15-11-43-87-75(47)79(55)99/h1-44,89,92,97-100H,(H,93,101)(H,94,102)(H,95,103)(H,96,104). The minimum absolute atomic E-state index is 0.0144. The Morgan fingerprint density at radius 1 is 0.269 bits per heavy atom. The van der Waals surface area contributed by atoms with E-state index in [0.717, 1.165) is 0 Å². The average molecular weight is 1360 g/mol. The topological polar surface area (TPSA) is 306 Å². The minimum atomic E-state index is -0.617. The molecule has 0 radical (unpaired) electrons. The molecule has 20 nitrogen and oxygen atoms in total. The molecule has 0 atom stereocenters. The molecular weight excluding hydrogens is 1300 g/mol. The fraction of sp³-hybridized carbons (Fsp3) is 0. The molecule has 8 bridgehead atoms. The lowest BCUT2D eigenvalue weighted by atomic mass is 10.0. The summed E-state index contributed by atoms with van der Waals surface area (Å²) in [6.07, 6.45) is 13.6. The molecule has 0 saturated carbocycles. The monoisotopic (exact) mass is 1360 g/mol. The molecule has 104 heavy (non-hydrogen) atoms. The first-order valence-electron chi connectivity index (χ1n) is 32.9. The van der Waals surface area contributed by atoms with Crippen LogP contribution in [0.25, 0.3) is 134 Å². The number of aromatic hydroxyl groups is 4. The molecule has 15 aromatic rings. The first kappa shape index (κ1) is 62.6. The van der Waals surface area contributed by atoms with Gasteiger partial charge in [0.1, 0.15) is 22.1 Å². The molecule has 7 aromatic heterocycles. The number of benzene rings is 8. The van der Waals surface area contributed by atoms with Crippen molar-refractivity contribution in [1.82, 2.24) is 39.9 Å². The van der Waals surface area contributed by atoms with E-state index in [1.807, 2.05) is 97.1 Å². The van der Waals surface area contributed by atoms with Gasteiger partial charge in [0.25, 0.3) is 23.6 Å². The molecule has 17 rings (SSSR count). The largest absolute Gasteiger partial charge is 0.505 e. The third kappa shape index (κ3) is 11.1. The van der Waals surface area contributed by atoms with Gasteiger partial charge in [-0.15, -0.1) is 0 Å². The van der Waals surface area contributed by atoms with Crippen molar-refractivity contribution < 1.29 is 39.6 Å². The SMILES string of the molecule is O=C(Nc1ccccc1-c1c2nc(c(-c3ccccc3NC(=O)c3ccc4cccnc4c3O)c3ccc([nH]3)c(-c3ccccc3NC(=O)c3ccc4cccnc4c3O)c3nc(c(-c4ccccc4NC(=O)c4ccc5cccnc5c4O)c4ccc1[nH]4)C=C3)C=C2)c1ccc2cccnc2c1O. The number of hydrogen-bond acceptors (Lipinski definition) is 14. The fourth-order valence-electron chi connectivity index (χ4n) is 13.6. The number of carbonyl (C=O) groups is 4. The van der Waals surface area contributed by atoms with Crippen LogP contribution in [0.5, 0.6) is 23.0 Å². The predicted molar refractivity (Wildman–Crippen MR) is 406 cm³/mol. The van der Waals surface area contributed by atoms with Crippen LogP contribution in [0.2, 0.25) is 0 Å². The Balaban J connectivity index is 0.922. The zero-order valence-corrected chi connectivity index (χ0v) is 54.5. The molecule has 8 aromatic carbocycles. The summed E-state index contributed by atoms with van der Waals surface area (Å²) in [5, 5.41) is 61.3. The smallest absolute Gasteiger partial charge is 0.259 e. The van der Waals surface area contributed by atoms with Crippen molar-refractivity contribution in [3.8, 4) is 67.5 Å². The molecule has 2 aliphatic rings. The van der Waals surface area contributed by atoms with Gasteiger partial charge in [0.05, 0.1) is 45.0 Å². The molecule has 0 fully saturated rings. The van der Waals surface area contributed by atoms with Crippen LogP contribution in [0.4, 0.5) is 22.7 Å². The zero-order chi connectivity index (χ0) is 70.7. The van der Waals surface area contributed by atoms with Crippen LogP contribution in [0.1, 0.15) is 64.2 Å². The van der Waals surface area contributed by atoms with Gasteiger partial charge in [0.2, 0.25) is 0 Å². The van der Waals surface area contributed by atoms with Gasteiger partial charge in [-0.3, -0.25) is 39.1 Å². The number of nitrogens with one attached hydrogen (secondary N) is 6. The second-order valence-corrected chi connectivity index (χ2v) is 24.6. The van der Waals surface area contributed by atoms with E-state index in [4.69, 9.17) is 9.97 Å². The highest BCUT2D eigenvalue weighted by Crippen LogP contribution is 2.45. The number of phenols is 4. The summed E-state index contributed by atoms with van der Waals surface area (Å²) in [6.45, 7) is 0. The van der Waals surface area contributed by atoms with E-state index >= 15 is 0 Å². The van der Waals surface area contributed by atoms with Crippen molar-refractivity contribution in [2.75, 3.05) is 21.3 Å². The highest BCUT2D eigenvalue weighted by atomic mass is 16.3. The normalized spacial score (nSPS) is 11.7. The van der Waals surface area contributed by atoms with Crippen molar-refractivity contribution >= 4 is 136 Å². The Kier molecular flexibility index (Phi) is 15.5. The van der Waals surface area contributed by atoms with E-state index in [0.29, 0.717) is 134 Å². The zero-order valence-electron chi connectivity index (χ0n) is 54.5. The van der Waals surface area contributed by atoms with Crippen molar-refractivity contribution in [2.24, 2.45) is 0 Å². The highest BCUT2D eigenvalue weighted by Gasteiger charge is 2.27. The van der Waals surface area contributed by atoms with Crippen LogP contribution in [0.3, 0.4) is 0 Å². The first-order valence-corrected chi connectivity index (χ1v) is 32.9. The summed E-state index contributed by atoms with van der Waals surface area (Å²) in [5.41, 5.74) is 10.0. The molecule has 10 N–H and O–H groups in total. The number of aromatic amines is 2. The number of rotatable bonds is 12. The Bertz CT molecular complexity index is 5680. The minimum Gasteiger partial charge on any atom is -0.505 e. The quantitative estimate of drug-likeness (QED) is 0.0544. The number of carbonyl (C=O) groups excluding carboxylic acids is 4. The van der Waals surface area contributed by atoms with E-state index in [1.54, 1.807) is 170 Å². The van der Waals surface area contributed by atoms with Crippen molar-refractivity contribution in [3.05, 3.63) is 288 Å². The number of para-hydroxylation sites is 4. The number of amides is 4. The summed E-state index contributed by atoms with van der Waals surface area (Å²) in [7, 11) is 0. The second kappa shape index (κ2) is 25.7. The number of aromatic nitrogens is 8. The summed E-state index contributed by atoms with van der Waals surface area (Å²) < 4.78 is 0. The number of phenolic OH excluding ortho intramolecular Hbond substituents is 4. The van der Waals surface area contributed by atoms with Gasteiger partial charge in [0, 0.05) is 136 Å². The first-order chi connectivity index (χ1) is 50.9. The molecule has 0 spiro atoms. The van der Waals surface area contributed by atoms with Crippen molar-refractivity contribution in [2.45, 2.75) is 0 Å². The number of nitrogens with zero attached hydrogens (tertiary/aromatic N) is 6. The Labute approximate surface area is 589 Å². The highest BCUT2D eigenvalue weighted by molar-refractivity contribution is 6.16. The van der Waals surface area contributed by atoms with Crippen LogP contribution in [0.15, 0.2) is 243 Å². The Morgan fingerprint density at radius 3 is 0.740 bits per heavy atom. The van der Waals surface area contributed by atoms with E-state index in [-0.39, 0.29) is 67.3 Å². The molecule has 0 unspecified atom stereocenters. The number of pyridine rings is 4. The number of H-pyrrole nitrogens is 2. The summed E-state index contributed by atoms with van der Waals surface area (Å²) in [6, 6.07) is 63.6. The van der Waals surface area contributed by atoms with Crippen molar-refractivity contribution in [1.29, 1.82) is 0 Å². The summed E-state index contributed by atoms with van der Waals surface area (Å²) >= 11 is 0. The maximum Gasteiger partial charge on any atom is 0.259 e.